The molecule has 136 valence electrons. The van der Waals surface area contributed by atoms with Crippen LogP contribution in [0.4, 0.5) is 0 Å². The zero-order valence-electron chi connectivity index (χ0n) is 13.7. The molecular formula is C12H20ClN5O4S2. The van der Waals surface area contributed by atoms with Gasteiger partial charge in [-0.2, -0.15) is 10.2 Å². The fraction of sp³-hybridized carbons (Fsp3) is 0.500. The van der Waals surface area contributed by atoms with Crippen molar-refractivity contribution in [3.05, 3.63) is 24.5 Å². The lowest BCUT2D eigenvalue weighted by molar-refractivity contribution is 0.516. The van der Waals surface area contributed by atoms with Gasteiger partial charge in [-0.1, -0.05) is 0 Å². The van der Waals surface area contributed by atoms with Gasteiger partial charge < -0.3 is 0 Å². The molecular weight excluding hydrogens is 378 g/mol. The molecule has 2 aromatic rings. The number of rotatable bonds is 4. The highest BCUT2D eigenvalue weighted by Crippen LogP contribution is 2.13. The summed E-state index contributed by atoms with van der Waals surface area (Å²) in [4.78, 5) is 0. The minimum atomic E-state index is -3.68. The van der Waals surface area contributed by atoms with E-state index in [0.29, 0.717) is 0 Å². The number of aromatic nitrogens is 4. The van der Waals surface area contributed by atoms with Crippen molar-refractivity contribution in [1.29, 1.82) is 0 Å². The van der Waals surface area contributed by atoms with E-state index in [1.165, 1.54) is 16.8 Å². The maximum Gasteiger partial charge on any atom is 0.280 e. The van der Waals surface area contributed by atoms with E-state index in [1.807, 2.05) is 27.7 Å². The molecule has 9 nitrogen and oxygen atoms in total. The van der Waals surface area contributed by atoms with Gasteiger partial charge in [-0.15, -0.1) is 0 Å². The van der Waals surface area contributed by atoms with Gasteiger partial charge in [-0.25, -0.2) is 22.0 Å². The molecule has 0 atom stereocenters. The molecule has 0 spiro atoms. The summed E-state index contributed by atoms with van der Waals surface area (Å²) in [6, 6.07) is 3.04. The summed E-state index contributed by atoms with van der Waals surface area (Å²) in [6.45, 7) is 7.61. The maximum atomic E-state index is 10.8. The molecule has 0 aliphatic carbocycles. The highest BCUT2D eigenvalue weighted by molar-refractivity contribution is 8.13. The summed E-state index contributed by atoms with van der Waals surface area (Å²) in [6.07, 6.45) is 3.17. The van der Waals surface area contributed by atoms with E-state index < -0.39 is 19.1 Å². The van der Waals surface area contributed by atoms with E-state index >= 15 is 0 Å². The van der Waals surface area contributed by atoms with E-state index in [2.05, 4.69) is 10.2 Å². The van der Waals surface area contributed by atoms with Crippen LogP contribution in [0, 0.1) is 0 Å². The predicted octanol–water partition coefficient (Wildman–Crippen LogP) is 1.50. The molecule has 0 fully saturated rings. The van der Waals surface area contributed by atoms with Gasteiger partial charge in [0.15, 0.2) is 10.1 Å². The number of nitrogens with two attached hydrogens (primary N) is 1. The summed E-state index contributed by atoms with van der Waals surface area (Å²) in [5, 5.41) is 12.2. The van der Waals surface area contributed by atoms with Crippen molar-refractivity contribution in [2.75, 3.05) is 0 Å². The lowest BCUT2D eigenvalue weighted by Crippen LogP contribution is -2.13. The topological polar surface area (TPSA) is 130 Å². The number of primary sulfonamides is 1. The molecule has 2 aromatic heterocycles. The largest absolute Gasteiger partial charge is 0.280 e. The lowest BCUT2D eigenvalue weighted by atomic mass is 10.4. The Morgan fingerprint density at radius 2 is 1.29 bits per heavy atom. The van der Waals surface area contributed by atoms with Gasteiger partial charge in [0.25, 0.3) is 19.1 Å². The van der Waals surface area contributed by atoms with Crippen LogP contribution in [0.15, 0.2) is 34.6 Å². The Bertz CT molecular complexity index is 810. The highest BCUT2D eigenvalue weighted by atomic mass is 35.7. The molecule has 2 rings (SSSR count). The Labute approximate surface area is 145 Å². The molecule has 0 aliphatic heterocycles. The van der Waals surface area contributed by atoms with Gasteiger partial charge in [0.05, 0.1) is 0 Å². The average Bonchev–Trinajstić information content (AvgIpc) is 3.08. The first kappa shape index (κ1) is 20.6. The van der Waals surface area contributed by atoms with Crippen LogP contribution in [0.1, 0.15) is 39.8 Å². The number of hydrogen-bond acceptors (Lipinski definition) is 6. The first-order valence-electron chi connectivity index (χ1n) is 6.90. The highest BCUT2D eigenvalue weighted by Gasteiger charge is 2.14. The minimum Gasteiger partial charge on any atom is -0.269 e. The van der Waals surface area contributed by atoms with Gasteiger partial charge in [0.2, 0.25) is 0 Å². The number of halogens is 1. The molecule has 24 heavy (non-hydrogen) atoms. The second-order valence-electron chi connectivity index (χ2n) is 5.44. The molecule has 0 unspecified atom stereocenters. The number of nitrogens with zero attached hydrogens (tertiary/aromatic N) is 4. The van der Waals surface area contributed by atoms with Gasteiger partial charge in [0, 0.05) is 35.2 Å². The second kappa shape index (κ2) is 7.64. The summed E-state index contributed by atoms with van der Waals surface area (Å²) in [5.41, 5.74) is 0. The fourth-order valence-corrected chi connectivity index (χ4v) is 2.62. The minimum absolute atomic E-state index is 0.0869. The van der Waals surface area contributed by atoms with Crippen molar-refractivity contribution >= 4 is 29.8 Å². The molecule has 0 radical (unpaired) electrons. The monoisotopic (exact) mass is 397 g/mol. The van der Waals surface area contributed by atoms with Crippen molar-refractivity contribution < 1.29 is 16.8 Å². The van der Waals surface area contributed by atoms with Gasteiger partial charge in [-0.3, -0.25) is 9.36 Å². The van der Waals surface area contributed by atoms with E-state index in [1.54, 1.807) is 17.1 Å². The van der Waals surface area contributed by atoms with Crippen molar-refractivity contribution in [2.24, 2.45) is 5.14 Å². The van der Waals surface area contributed by atoms with Crippen LogP contribution in [0.3, 0.4) is 0 Å². The van der Waals surface area contributed by atoms with Crippen molar-refractivity contribution in [3.8, 4) is 0 Å². The third-order valence-corrected chi connectivity index (χ3v) is 4.76. The van der Waals surface area contributed by atoms with Crippen LogP contribution in [-0.2, 0) is 19.1 Å². The van der Waals surface area contributed by atoms with E-state index in [-0.39, 0.29) is 22.1 Å². The van der Waals surface area contributed by atoms with Crippen LogP contribution in [-0.4, -0.2) is 36.4 Å². The molecule has 0 aromatic carbocycles. The van der Waals surface area contributed by atoms with Crippen molar-refractivity contribution in [1.82, 2.24) is 19.6 Å². The molecule has 2 heterocycles. The summed E-state index contributed by atoms with van der Waals surface area (Å²) < 4.78 is 46.1. The normalized spacial score (nSPS) is 12.3. The van der Waals surface area contributed by atoms with Crippen LogP contribution >= 0.6 is 10.7 Å². The lowest BCUT2D eigenvalue weighted by Gasteiger charge is -2.02. The van der Waals surface area contributed by atoms with Crippen LogP contribution in [0.25, 0.3) is 0 Å². The van der Waals surface area contributed by atoms with Gasteiger partial charge in [-0.05, 0) is 39.8 Å². The SMILES string of the molecule is CC(C)n1ccc(S(=O)(=O)Cl)n1.CC(C)n1ccc(S(N)(=O)=O)n1. The quantitative estimate of drug-likeness (QED) is 0.778. The standard InChI is InChI=1S/C6H9ClN2O2S.C6H11N3O2S/c2*1-5(2)9-4-3-6(8-9)12(7,10)11/h3-5H,1-2H3;3-5H,1-2H3,(H2,7,10,11). The zero-order chi connectivity index (χ0) is 18.7. The Morgan fingerprint density at radius 3 is 1.50 bits per heavy atom. The Hall–Kier alpha value is -1.43. The molecule has 2 N–H and O–H groups in total. The molecule has 0 bridgehead atoms. The molecule has 0 aliphatic rings. The van der Waals surface area contributed by atoms with Crippen LogP contribution in [0.5, 0.6) is 0 Å². The van der Waals surface area contributed by atoms with Crippen molar-refractivity contribution in [2.45, 2.75) is 49.8 Å². The predicted molar refractivity (Wildman–Crippen MR) is 89.6 cm³/mol. The third kappa shape index (κ3) is 5.89. The number of sulfonamides is 1. The van der Waals surface area contributed by atoms with E-state index in [9.17, 15) is 16.8 Å². The summed E-state index contributed by atoms with van der Waals surface area (Å²) in [7, 11) is -2.25. The molecule has 0 saturated carbocycles. The summed E-state index contributed by atoms with van der Waals surface area (Å²) >= 11 is 0. The van der Waals surface area contributed by atoms with Crippen LogP contribution in [0.2, 0.25) is 0 Å². The Balaban J connectivity index is 0.000000240. The first-order valence-corrected chi connectivity index (χ1v) is 10.8. The second-order valence-corrected chi connectivity index (χ2v) is 9.46. The Kier molecular flexibility index (Phi) is 6.56. The van der Waals surface area contributed by atoms with E-state index in [4.69, 9.17) is 15.8 Å². The first-order chi connectivity index (χ1) is 10.8. The third-order valence-electron chi connectivity index (χ3n) is 2.77. The van der Waals surface area contributed by atoms with Gasteiger partial charge in [0.1, 0.15) is 0 Å². The van der Waals surface area contributed by atoms with E-state index in [0.717, 1.165) is 0 Å². The smallest absolute Gasteiger partial charge is 0.269 e. The average molecular weight is 398 g/mol. The van der Waals surface area contributed by atoms with Crippen LogP contribution < -0.4 is 5.14 Å². The molecule has 0 saturated heterocycles. The number of hydrogen-bond donors (Lipinski definition) is 1. The molecule has 0 amide bonds. The fourth-order valence-electron chi connectivity index (χ4n) is 1.50. The molecule has 12 heteroatoms. The Morgan fingerprint density at radius 1 is 0.917 bits per heavy atom. The van der Waals surface area contributed by atoms with Crippen molar-refractivity contribution in [3.63, 3.8) is 0 Å². The maximum absolute atomic E-state index is 10.8. The van der Waals surface area contributed by atoms with Gasteiger partial charge >= 0.3 is 0 Å². The zero-order valence-corrected chi connectivity index (χ0v) is 16.0. The summed E-state index contributed by atoms with van der Waals surface area (Å²) in [5.74, 6) is 0.